The highest BCUT2D eigenvalue weighted by Crippen LogP contribution is 2.40. The van der Waals surface area contributed by atoms with Crippen LogP contribution in [0.5, 0.6) is 5.88 Å². The van der Waals surface area contributed by atoms with Crippen LogP contribution in [0.2, 0.25) is 0 Å². The summed E-state index contributed by atoms with van der Waals surface area (Å²) in [7, 11) is 1.51. The summed E-state index contributed by atoms with van der Waals surface area (Å²) in [5.41, 5.74) is 6.75. The number of methoxy groups -OCH3 is 1. The number of carbonyl (C=O) groups is 3. The van der Waals surface area contributed by atoms with Gasteiger partial charge in [-0.15, -0.1) is 23.1 Å². The lowest BCUT2D eigenvalue weighted by molar-refractivity contribution is -0.662. The molecule has 0 spiro atoms. The van der Waals surface area contributed by atoms with E-state index in [4.69, 9.17) is 15.3 Å². The molecule has 0 bridgehead atoms. The molecule has 3 aromatic heterocycles. The van der Waals surface area contributed by atoms with E-state index < -0.39 is 29.2 Å². The highest BCUT2D eigenvalue weighted by molar-refractivity contribution is 8.00. The Balaban J connectivity index is 1.36. The molecule has 198 valence electrons. The van der Waals surface area contributed by atoms with Crippen LogP contribution in [0.15, 0.2) is 46.3 Å². The number of nitrogens with zero attached hydrogens (tertiary/aromatic N) is 6. The number of rotatable bonds is 9. The van der Waals surface area contributed by atoms with Gasteiger partial charge < -0.3 is 30.5 Å². The zero-order valence-corrected chi connectivity index (χ0v) is 21.8. The third-order valence-electron chi connectivity index (χ3n) is 5.86. The van der Waals surface area contributed by atoms with Crippen molar-refractivity contribution in [1.29, 1.82) is 0 Å². The lowest BCUT2D eigenvalue weighted by Crippen LogP contribution is -2.71. The highest BCUT2D eigenvalue weighted by Gasteiger charge is 2.53. The molecule has 2 aliphatic rings. The van der Waals surface area contributed by atoms with Crippen molar-refractivity contribution >= 4 is 57.4 Å². The number of carboxylic acid groups (broad SMARTS) is 1. The molecule has 5 rings (SSSR count). The van der Waals surface area contributed by atoms with Crippen LogP contribution in [0, 0.1) is 0 Å². The van der Waals surface area contributed by atoms with E-state index in [1.54, 1.807) is 41.3 Å². The molecule has 16 heteroatoms. The fraction of sp³-hybridized carbons (Fsp3) is 0.318. The second-order valence-electron chi connectivity index (χ2n) is 8.13. The number of nitrogens with one attached hydrogen (secondary N) is 1. The second kappa shape index (κ2) is 10.3. The number of aliphatic carboxylic acids is 1. The summed E-state index contributed by atoms with van der Waals surface area (Å²) in [4.78, 5) is 48.5. The molecule has 1 fully saturated rings. The number of nitrogens with two attached hydrogens (primary N) is 1. The van der Waals surface area contributed by atoms with E-state index in [0.717, 1.165) is 16.2 Å². The first-order chi connectivity index (χ1) is 18.3. The number of thioether (sulfide) groups is 1. The van der Waals surface area contributed by atoms with Crippen LogP contribution in [0.1, 0.15) is 12.6 Å². The first-order valence-electron chi connectivity index (χ1n) is 11.3. The number of oxime groups is 1. The SMILES string of the molecule is CCO/N=C(\C(=O)N[C@@H]1C(=O)N2C(C(=O)[O-])=C(C[n+]3ccn4nc(OC)ccc43)CS[C@H]12)c1csc(N)n1. The fourth-order valence-corrected chi connectivity index (χ4v) is 6.03. The van der Waals surface area contributed by atoms with E-state index in [1.807, 2.05) is 4.57 Å². The van der Waals surface area contributed by atoms with Crippen LogP contribution in [0.25, 0.3) is 5.65 Å². The molecule has 0 radical (unpaired) electrons. The van der Waals surface area contributed by atoms with Gasteiger partial charge >= 0.3 is 5.65 Å². The number of aromatic nitrogens is 4. The average molecular weight is 559 g/mol. The standard InChI is InChI=1S/C22H22N8O6S2/c1-3-36-27-15(12-10-38-22(23)24-12)18(31)25-16-19(32)30-17(21(33)34)11(9-37-20(16)30)8-28-6-7-29-14(28)5-4-13(26-29)35-2/h4-7,10,16,20H,3,8-9H2,1-2H3,(H3-,23,24,25,31,33,34)/b27-15-/t16-,20-/m1/s1. The molecule has 0 aliphatic carbocycles. The minimum absolute atomic E-state index is 0.134. The highest BCUT2D eigenvalue weighted by atomic mass is 32.2. The largest absolute Gasteiger partial charge is 0.543 e. The number of ether oxygens (including phenoxy) is 1. The first-order valence-corrected chi connectivity index (χ1v) is 13.3. The number of anilines is 1. The number of amides is 2. The number of hydrogen-bond donors (Lipinski definition) is 2. The molecule has 1 saturated heterocycles. The molecule has 3 aromatic rings. The average Bonchev–Trinajstić information content (AvgIpc) is 3.52. The van der Waals surface area contributed by atoms with Gasteiger partial charge in [-0.05, 0) is 12.0 Å². The zero-order valence-electron chi connectivity index (χ0n) is 20.2. The van der Waals surface area contributed by atoms with E-state index >= 15 is 0 Å². The van der Waals surface area contributed by atoms with E-state index in [9.17, 15) is 19.5 Å². The zero-order chi connectivity index (χ0) is 27.0. The number of carboxylic acids is 1. The molecule has 14 nitrogen and oxygen atoms in total. The molecule has 38 heavy (non-hydrogen) atoms. The van der Waals surface area contributed by atoms with Gasteiger partial charge in [-0.1, -0.05) is 9.67 Å². The summed E-state index contributed by atoms with van der Waals surface area (Å²) in [6.45, 7) is 2.12. The number of fused-ring (bicyclic) bond motifs is 2. The number of hydrogen-bond acceptors (Lipinski definition) is 12. The number of nitrogen functional groups attached to an aromatic ring is 1. The summed E-state index contributed by atoms with van der Waals surface area (Å²) in [6.07, 6.45) is 3.47. The maximum atomic E-state index is 13.1. The van der Waals surface area contributed by atoms with Crippen molar-refractivity contribution in [3.8, 4) is 5.88 Å². The number of thiazole rings is 1. The van der Waals surface area contributed by atoms with Crippen LogP contribution in [0.4, 0.5) is 5.13 Å². The molecule has 5 heterocycles. The topological polar surface area (TPSA) is 180 Å². The number of imidazole rings is 1. The molecule has 0 saturated carbocycles. The van der Waals surface area contributed by atoms with Crippen LogP contribution in [-0.4, -0.2) is 73.9 Å². The van der Waals surface area contributed by atoms with Crippen molar-refractivity contribution < 1.29 is 33.6 Å². The summed E-state index contributed by atoms with van der Waals surface area (Å²) < 4.78 is 8.55. The minimum atomic E-state index is -1.47. The van der Waals surface area contributed by atoms with Gasteiger partial charge in [-0.2, -0.15) is 0 Å². The Labute approximate surface area is 223 Å². The quantitative estimate of drug-likeness (QED) is 0.136. The van der Waals surface area contributed by atoms with Crippen LogP contribution in [0.3, 0.4) is 0 Å². The molecule has 0 aromatic carbocycles. The van der Waals surface area contributed by atoms with Gasteiger partial charge in [-0.3, -0.25) is 14.5 Å². The molecular weight excluding hydrogens is 536 g/mol. The summed E-state index contributed by atoms with van der Waals surface area (Å²) >= 11 is 2.47. The third kappa shape index (κ3) is 4.51. The van der Waals surface area contributed by atoms with Crippen LogP contribution < -0.4 is 25.5 Å². The Hall–Kier alpha value is -4.18. The van der Waals surface area contributed by atoms with Crippen molar-refractivity contribution in [2.45, 2.75) is 24.9 Å². The minimum Gasteiger partial charge on any atom is -0.543 e. The second-order valence-corrected chi connectivity index (χ2v) is 10.1. The predicted octanol–water partition coefficient (Wildman–Crippen LogP) is -1.49. The van der Waals surface area contributed by atoms with E-state index in [2.05, 4.69) is 20.6 Å². The first kappa shape index (κ1) is 25.5. The van der Waals surface area contributed by atoms with Crippen molar-refractivity contribution in [2.75, 3.05) is 25.2 Å². The maximum absolute atomic E-state index is 13.1. The maximum Gasteiger partial charge on any atom is 0.307 e. The smallest absolute Gasteiger partial charge is 0.307 e. The van der Waals surface area contributed by atoms with Crippen LogP contribution >= 0.6 is 23.1 Å². The summed E-state index contributed by atoms with van der Waals surface area (Å²) in [6, 6.07) is 2.52. The van der Waals surface area contributed by atoms with E-state index in [-0.39, 0.29) is 35.4 Å². The van der Waals surface area contributed by atoms with Gasteiger partial charge in [0, 0.05) is 28.8 Å². The van der Waals surface area contributed by atoms with Gasteiger partial charge in [0.05, 0.1) is 18.8 Å². The van der Waals surface area contributed by atoms with Gasteiger partial charge in [0.2, 0.25) is 0 Å². The molecule has 2 atom stereocenters. The molecule has 3 N–H and O–H groups in total. The summed E-state index contributed by atoms with van der Waals surface area (Å²) in [5.74, 6) is -1.99. The predicted molar refractivity (Wildman–Crippen MR) is 134 cm³/mol. The molecule has 2 amide bonds. The molecular formula is C22H22N8O6S2. The molecule has 0 unspecified atom stereocenters. The van der Waals surface area contributed by atoms with E-state index in [0.29, 0.717) is 22.9 Å². The van der Waals surface area contributed by atoms with Gasteiger partial charge in [0.25, 0.3) is 17.7 Å². The van der Waals surface area contributed by atoms with Crippen LogP contribution in [-0.2, 0) is 25.8 Å². The fourth-order valence-electron chi connectivity index (χ4n) is 4.15. The van der Waals surface area contributed by atoms with Crippen molar-refractivity contribution in [1.82, 2.24) is 24.8 Å². The Morgan fingerprint density at radius 1 is 1.39 bits per heavy atom. The monoisotopic (exact) mass is 558 g/mol. The van der Waals surface area contributed by atoms with Crippen molar-refractivity contribution in [2.24, 2.45) is 5.16 Å². The Bertz CT molecular complexity index is 1500. The van der Waals surface area contributed by atoms with E-state index in [1.165, 1.54) is 18.9 Å². The van der Waals surface area contributed by atoms with Gasteiger partial charge in [0.15, 0.2) is 17.0 Å². The lowest BCUT2D eigenvalue weighted by Gasteiger charge is -2.50. The van der Waals surface area contributed by atoms with Crippen molar-refractivity contribution in [3.63, 3.8) is 0 Å². The summed E-state index contributed by atoms with van der Waals surface area (Å²) in [5, 5.41) is 24.1. The van der Waals surface area contributed by atoms with Gasteiger partial charge in [-0.25, -0.2) is 9.55 Å². The Morgan fingerprint density at radius 2 is 2.21 bits per heavy atom. The van der Waals surface area contributed by atoms with Gasteiger partial charge in [0.1, 0.15) is 36.5 Å². The molecule has 2 aliphatic heterocycles. The number of β-lactam (4-membered cyclic amide) rings is 1. The lowest BCUT2D eigenvalue weighted by atomic mass is 10.0. The van der Waals surface area contributed by atoms with Crippen molar-refractivity contribution in [3.05, 3.63) is 46.9 Å². The third-order valence-corrected chi connectivity index (χ3v) is 7.87. The number of carbonyl (C=O) groups excluding carboxylic acids is 3. The Kier molecular flexibility index (Phi) is 6.90. The Morgan fingerprint density at radius 3 is 2.89 bits per heavy atom. The normalized spacial score (nSPS) is 19.3.